The number of carbonyl (C=O) groups is 2. The van der Waals surface area contributed by atoms with Gasteiger partial charge in [0.1, 0.15) is 0 Å². The van der Waals surface area contributed by atoms with Crippen molar-refractivity contribution in [3.63, 3.8) is 0 Å². The lowest BCUT2D eigenvalue weighted by molar-refractivity contribution is -0.276. The minimum absolute atomic E-state index is 0.0138. The van der Waals surface area contributed by atoms with Crippen LogP contribution in [0.1, 0.15) is 68.4 Å². The van der Waals surface area contributed by atoms with Crippen molar-refractivity contribution in [2.75, 3.05) is 18.9 Å². The molecule has 6 atom stereocenters. The van der Waals surface area contributed by atoms with Crippen molar-refractivity contribution in [3.05, 3.63) is 113 Å². The third-order valence-corrected chi connectivity index (χ3v) is 8.65. The summed E-state index contributed by atoms with van der Waals surface area (Å²) in [6.45, 7) is 7.79. The van der Waals surface area contributed by atoms with Gasteiger partial charge in [-0.05, 0) is 66.6 Å². The van der Waals surface area contributed by atoms with Gasteiger partial charge in [-0.1, -0.05) is 79.7 Å². The molecule has 4 aromatic carbocycles. The number of anilines is 1. The van der Waals surface area contributed by atoms with Crippen LogP contribution < -0.4 is 5.32 Å². The topological polar surface area (TPSA) is 97.3 Å². The van der Waals surface area contributed by atoms with E-state index in [4.69, 9.17) is 14.2 Å². The standard InChI is InChI=1S/C37H42N2O6/c1-23-34(21-39(5)24(2)30-18-17-28-9-6-7-10-31(28)19-30)44-37(45-35(23)29-15-13-27(22-40)14-16-29)32-11-8-12-33(20-32)38-36(42)25(3)43-26(4)41/h6-20,23-25,34-35,37,40H,21-22H2,1-5H3,(H,38,42). The predicted molar refractivity (Wildman–Crippen MR) is 174 cm³/mol. The van der Waals surface area contributed by atoms with E-state index in [2.05, 4.69) is 73.6 Å². The fourth-order valence-electron chi connectivity index (χ4n) is 5.80. The molecule has 0 saturated carbocycles. The van der Waals surface area contributed by atoms with Crippen LogP contribution in [0.25, 0.3) is 10.8 Å². The number of aliphatic hydroxyl groups is 1. The molecule has 1 saturated heterocycles. The molecule has 1 aliphatic heterocycles. The normalized spacial score (nSPS) is 21.3. The van der Waals surface area contributed by atoms with E-state index in [1.165, 1.54) is 30.2 Å². The molecular formula is C37H42N2O6. The van der Waals surface area contributed by atoms with Crippen LogP contribution in [-0.2, 0) is 30.4 Å². The highest BCUT2D eigenvalue weighted by Crippen LogP contribution is 2.42. The molecule has 8 heteroatoms. The van der Waals surface area contributed by atoms with Crippen molar-refractivity contribution in [2.24, 2.45) is 5.92 Å². The van der Waals surface area contributed by atoms with Crippen LogP contribution >= 0.6 is 0 Å². The molecule has 6 unspecified atom stereocenters. The number of fused-ring (bicyclic) bond motifs is 1. The van der Waals surface area contributed by atoms with Crippen LogP contribution in [0.3, 0.4) is 0 Å². The van der Waals surface area contributed by atoms with E-state index in [9.17, 15) is 14.7 Å². The maximum atomic E-state index is 12.6. The number of amides is 1. The van der Waals surface area contributed by atoms with Crippen molar-refractivity contribution >= 4 is 28.3 Å². The minimum atomic E-state index is -0.926. The van der Waals surface area contributed by atoms with Crippen molar-refractivity contribution in [1.29, 1.82) is 0 Å². The number of nitrogens with zero attached hydrogens (tertiary/aromatic N) is 1. The average Bonchev–Trinajstić information content (AvgIpc) is 3.05. The number of nitrogens with one attached hydrogen (secondary N) is 1. The Kier molecular flexibility index (Phi) is 10.3. The Balaban J connectivity index is 1.39. The smallest absolute Gasteiger partial charge is 0.303 e. The molecule has 1 fully saturated rings. The van der Waals surface area contributed by atoms with Gasteiger partial charge >= 0.3 is 5.97 Å². The second kappa shape index (κ2) is 14.3. The molecule has 45 heavy (non-hydrogen) atoms. The zero-order valence-electron chi connectivity index (χ0n) is 26.5. The monoisotopic (exact) mass is 610 g/mol. The van der Waals surface area contributed by atoms with Crippen molar-refractivity contribution in [1.82, 2.24) is 4.90 Å². The number of esters is 1. The maximum absolute atomic E-state index is 12.6. The first-order chi connectivity index (χ1) is 21.6. The first kappa shape index (κ1) is 32.3. The number of likely N-dealkylation sites (N-methyl/N-ethyl adjacent to an activating group) is 1. The van der Waals surface area contributed by atoms with Gasteiger partial charge in [-0.25, -0.2) is 0 Å². The van der Waals surface area contributed by atoms with Crippen molar-refractivity contribution < 1.29 is 28.9 Å². The molecule has 236 valence electrons. The van der Waals surface area contributed by atoms with Crippen molar-refractivity contribution in [3.8, 4) is 0 Å². The second-order valence-electron chi connectivity index (χ2n) is 11.9. The summed E-state index contributed by atoms with van der Waals surface area (Å²) in [5.74, 6) is -0.932. The molecule has 0 bridgehead atoms. The van der Waals surface area contributed by atoms with Gasteiger partial charge in [-0.2, -0.15) is 0 Å². The lowest BCUT2D eigenvalue weighted by Crippen LogP contribution is -2.44. The Hall–Kier alpha value is -4.08. The third kappa shape index (κ3) is 7.78. The van der Waals surface area contributed by atoms with Gasteiger partial charge < -0.3 is 24.6 Å². The van der Waals surface area contributed by atoms with Crippen LogP contribution in [0.5, 0.6) is 0 Å². The number of hydrogen-bond donors (Lipinski definition) is 2. The molecule has 0 spiro atoms. The zero-order chi connectivity index (χ0) is 32.1. The Bertz CT molecular complexity index is 1620. The summed E-state index contributed by atoms with van der Waals surface area (Å²) < 4.78 is 18.3. The van der Waals surface area contributed by atoms with Crippen LogP contribution in [0.15, 0.2) is 91.0 Å². The van der Waals surface area contributed by atoms with Crippen molar-refractivity contribution in [2.45, 2.75) is 64.9 Å². The van der Waals surface area contributed by atoms with E-state index < -0.39 is 24.3 Å². The fraction of sp³-hybridized carbons (Fsp3) is 0.351. The molecule has 0 aromatic heterocycles. The van der Waals surface area contributed by atoms with Gasteiger partial charge in [0, 0.05) is 36.7 Å². The highest BCUT2D eigenvalue weighted by molar-refractivity contribution is 5.95. The largest absolute Gasteiger partial charge is 0.453 e. The molecule has 0 radical (unpaired) electrons. The first-order valence-corrected chi connectivity index (χ1v) is 15.4. The Morgan fingerprint density at radius 2 is 1.64 bits per heavy atom. The highest BCUT2D eigenvalue weighted by Gasteiger charge is 2.39. The molecule has 1 aliphatic rings. The van der Waals surface area contributed by atoms with Gasteiger partial charge in [0.2, 0.25) is 0 Å². The third-order valence-electron chi connectivity index (χ3n) is 8.65. The molecular weight excluding hydrogens is 568 g/mol. The number of ether oxygens (including phenoxy) is 3. The van der Waals surface area contributed by atoms with Gasteiger partial charge in [-0.3, -0.25) is 14.5 Å². The van der Waals surface area contributed by atoms with E-state index >= 15 is 0 Å². The molecule has 2 N–H and O–H groups in total. The summed E-state index contributed by atoms with van der Waals surface area (Å²) in [4.78, 5) is 26.2. The lowest BCUT2D eigenvalue weighted by atomic mass is 9.89. The Labute approximate surface area is 264 Å². The number of carbonyl (C=O) groups excluding carboxylic acids is 2. The highest BCUT2D eigenvalue weighted by atomic mass is 16.7. The number of benzene rings is 4. The summed E-state index contributed by atoms with van der Waals surface area (Å²) in [7, 11) is 2.12. The van der Waals surface area contributed by atoms with Crippen LogP contribution in [0.2, 0.25) is 0 Å². The molecule has 1 heterocycles. The fourth-order valence-corrected chi connectivity index (χ4v) is 5.80. The van der Waals surface area contributed by atoms with Gasteiger partial charge in [-0.15, -0.1) is 0 Å². The molecule has 1 amide bonds. The van der Waals surface area contributed by atoms with E-state index in [1.54, 1.807) is 6.07 Å². The van der Waals surface area contributed by atoms with Crippen LogP contribution in [0.4, 0.5) is 5.69 Å². The van der Waals surface area contributed by atoms with Crippen LogP contribution in [-0.4, -0.2) is 47.7 Å². The summed E-state index contributed by atoms with van der Waals surface area (Å²) in [6.07, 6.45) is -2.07. The second-order valence-corrected chi connectivity index (χ2v) is 11.9. The van der Waals surface area contributed by atoms with Gasteiger partial charge in [0.25, 0.3) is 5.91 Å². The van der Waals surface area contributed by atoms with Gasteiger partial charge in [0.05, 0.1) is 18.8 Å². The van der Waals surface area contributed by atoms with E-state index in [0.29, 0.717) is 12.2 Å². The van der Waals surface area contributed by atoms with E-state index in [0.717, 1.165) is 16.7 Å². The summed E-state index contributed by atoms with van der Waals surface area (Å²) in [6, 6.07) is 30.3. The van der Waals surface area contributed by atoms with E-state index in [-0.39, 0.29) is 30.8 Å². The number of hydrogen-bond acceptors (Lipinski definition) is 7. The lowest BCUT2D eigenvalue weighted by Gasteiger charge is -2.43. The minimum Gasteiger partial charge on any atom is -0.453 e. The maximum Gasteiger partial charge on any atom is 0.303 e. The predicted octanol–water partition coefficient (Wildman–Crippen LogP) is 6.71. The first-order valence-electron chi connectivity index (χ1n) is 15.4. The summed E-state index contributed by atoms with van der Waals surface area (Å²) >= 11 is 0. The van der Waals surface area contributed by atoms with Crippen LogP contribution in [0, 0.1) is 5.92 Å². The average molecular weight is 611 g/mol. The molecule has 4 aromatic rings. The summed E-state index contributed by atoms with van der Waals surface area (Å²) in [5, 5.41) is 14.8. The molecule has 0 aliphatic carbocycles. The quantitative estimate of drug-likeness (QED) is 0.193. The number of rotatable bonds is 10. The number of aliphatic hydroxyl groups excluding tert-OH is 1. The molecule has 5 rings (SSSR count). The van der Waals surface area contributed by atoms with Gasteiger partial charge in [0.15, 0.2) is 12.4 Å². The van der Waals surface area contributed by atoms with E-state index in [1.807, 2.05) is 42.5 Å². The summed E-state index contributed by atoms with van der Waals surface area (Å²) in [5.41, 5.74) is 4.37. The molecule has 8 nitrogen and oxygen atoms in total. The SMILES string of the molecule is CC(=O)OC(C)C(=O)Nc1cccc(C2OC(CN(C)C(C)c3ccc4ccccc4c3)C(C)C(c3ccc(CO)cc3)O2)c1. The zero-order valence-corrected chi connectivity index (χ0v) is 26.5. The Morgan fingerprint density at radius 3 is 2.36 bits per heavy atom. The Morgan fingerprint density at radius 1 is 0.911 bits per heavy atom.